The van der Waals surface area contributed by atoms with Gasteiger partial charge in [-0.3, -0.25) is 0 Å². The second kappa shape index (κ2) is 5.30. The Bertz CT molecular complexity index is 607. The minimum Gasteiger partial charge on any atom is -0.376 e. The first-order valence-corrected chi connectivity index (χ1v) is 7.59. The van der Waals surface area contributed by atoms with Gasteiger partial charge in [0.2, 0.25) is 0 Å². The van der Waals surface area contributed by atoms with Gasteiger partial charge in [0.1, 0.15) is 12.2 Å². The third kappa shape index (κ3) is 2.09. The molecule has 0 spiro atoms. The van der Waals surface area contributed by atoms with E-state index in [0.717, 1.165) is 23.1 Å². The molecule has 0 N–H and O–H groups in total. The van der Waals surface area contributed by atoms with Gasteiger partial charge in [-0.15, -0.1) is 10.2 Å². The van der Waals surface area contributed by atoms with E-state index in [1.54, 1.807) is 13.4 Å². The summed E-state index contributed by atoms with van der Waals surface area (Å²) < 4.78 is 8.97. The van der Waals surface area contributed by atoms with Crippen LogP contribution in [0.4, 0.5) is 0 Å². The second-order valence-corrected chi connectivity index (χ2v) is 6.36. The molecule has 1 aromatic carbocycles. The quantitative estimate of drug-likeness (QED) is 0.859. The fourth-order valence-electron chi connectivity index (χ4n) is 3.25. The summed E-state index contributed by atoms with van der Waals surface area (Å²) in [5.41, 5.74) is 1.13. The lowest BCUT2D eigenvalue weighted by Crippen LogP contribution is -2.43. The molecular formula is C15H18BrN3O. The van der Waals surface area contributed by atoms with Gasteiger partial charge in [-0.05, 0) is 30.5 Å². The van der Waals surface area contributed by atoms with E-state index >= 15 is 0 Å². The Labute approximate surface area is 127 Å². The van der Waals surface area contributed by atoms with Gasteiger partial charge in [-0.2, -0.15) is 0 Å². The van der Waals surface area contributed by atoms with Crippen molar-refractivity contribution >= 4 is 15.9 Å². The molecule has 5 heteroatoms. The van der Waals surface area contributed by atoms with Crippen LogP contribution < -0.4 is 0 Å². The van der Waals surface area contributed by atoms with Gasteiger partial charge >= 0.3 is 0 Å². The highest BCUT2D eigenvalue weighted by Crippen LogP contribution is 2.52. The van der Waals surface area contributed by atoms with Gasteiger partial charge in [0.15, 0.2) is 0 Å². The minimum atomic E-state index is -0.0548. The van der Waals surface area contributed by atoms with Crippen LogP contribution in [0.1, 0.15) is 36.8 Å². The van der Waals surface area contributed by atoms with Crippen LogP contribution >= 0.6 is 15.9 Å². The monoisotopic (exact) mass is 335 g/mol. The zero-order valence-electron chi connectivity index (χ0n) is 11.7. The maximum Gasteiger partial charge on any atom is 0.141 e. The average Bonchev–Trinajstić information content (AvgIpc) is 2.80. The molecule has 106 valence electrons. The molecule has 3 rings (SSSR count). The van der Waals surface area contributed by atoms with Gasteiger partial charge in [0, 0.05) is 18.6 Å². The Morgan fingerprint density at radius 1 is 1.40 bits per heavy atom. The van der Waals surface area contributed by atoms with Gasteiger partial charge in [0.05, 0.1) is 11.5 Å². The topological polar surface area (TPSA) is 39.9 Å². The van der Waals surface area contributed by atoms with E-state index in [1.807, 2.05) is 17.7 Å². The van der Waals surface area contributed by atoms with E-state index in [2.05, 4.69) is 44.3 Å². The number of ether oxygens (including phenoxy) is 1. The predicted molar refractivity (Wildman–Crippen MR) is 80.4 cm³/mol. The van der Waals surface area contributed by atoms with Crippen LogP contribution in [0.5, 0.6) is 0 Å². The fourth-order valence-corrected chi connectivity index (χ4v) is 3.66. The van der Waals surface area contributed by atoms with Crippen LogP contribution in [-0.2, 0) is 17.2 Å². The lowest BCUT2D eigenvalue weighted by molar-refractivity contribution is -0.0164. The molecule has 1 unspecified atom stereocenters. The summed E-state index contributed by atoms with van der Waals surface area (Å²) in [6.45, 7) is 0. The number of hydrogen-bond acceptors (Lipinski definition) is 3. The number of hydrogen-bond donors (Lipinski definition) is 0. The standard InChI is InChI=1S/C15H18BrN3O/c1-19-10-17-18-14(19)15(7-4-8-15)13(20-2)11-5-3-6-12(16)9-11/h3,5-6,9-10,13H,4,7-8H2,1-2H3. The Morgan fingerprint density at radius 2 is 2.20 bits per heavy atom. The van der Waals surface area contributed by atoms with Crippen LogP contribution in [0, 0.1) is 0 Å². The Kier molecular flexibility index (Phi) is 3.65. The molecule has 4 nitrogen and oxygen atoms in total. The summed E-state index contributed by atoms with van der Waals surface area (Å²) in [5.74, 6) is 1.02. The molecule has 0 amide bonds. The Hall–Kier alpha value is -1.20. The summed E-state index contributed by atoms with van der Waals surface area (Å²) >= 11 is 3.54. The third-order valence-corrected chi connectivity index (χ3v) is 4.78. The largest absolute Gasteiger partial charge is 0.376 e. The number of benzene rings is 1. The molecule has 1 fully saturated rings. The molecule has 1 saturated carbocycles. The fraction of sp³-hybridized carbons (Fsp3) is 0.467. The Morgan fingerprint density at radius 3 is 2.70 bits per heavy atom. The van der Waals surface area contributed by atoms with E-state index in [9.17, 15) is 0 Å². The van der Waals surface area contributed by atoms with Gasteiger partial charge < -0.3 is 9.30 Å². The molecule has 1 aliphatic rings. The smallest absolute Gasteiger partial charge is 0.141 e. The SMILES string of the molecule is COC(c1cccc(Br)c1)C1(c2nncn2C)CCC1. The number of halogens is 1. The highest BCUT2D eigenvalue weighted by molar-refractivity contribution is 9.10. The molecule has 2 aromatic rings. The number of rotatable bonds is 4. The number of aryl methyl sites for hydroxylation is 1. The highest BCUT2D eigenvalue weighted by atomic mass is 79.9. The zero-order valence-corrected chi connectivity index (χ0v) is 13.3. The van der Waals surface area contributed by atoms with E-state index in [-0.39, 0.29) is 11.5 Å². The number of methoxy groups -OCH3 is 1. The van der Waals surface area contributed by atoms with Crippen LogP contribution in [0.2, 0.25) is 0 Å². The lowest BCUT2D eigenvalue weighted by Gasteiger charge is -2.46. The van der Waals surface area contributed by atoms with Crippen molar-refractivity contribution in [2.45, 2.75) is 30.8 Å². The molecule has 0 radical (unpaired) electrons. The summed E-state index contributed by atoms with van der Waals surface area (Å²) in [4.78, 5) is 0. The molecule has 1 aromatic heterocycles. The van der Waals surface area contributed by atoms with E-state index in [0.29, 0.717) is 0 Å². The molecule has 1 atom stereocenters. The minimum absolute atomic E-state index is 0.0108. The molecule has 0 bridgehead atoms. The van der Waals surface area contributed by atoms with Crippen molar-refractivity contribution in [1.29, 1.82) is 0 Å². The number of nitrogens with zero attached hydrogens (tertiary/aromatic N) is 3. The van der Waals surface area contributed by atoms with E-state index in [1.165, 1.54) is 12.0 Å². The van der Waals surface area contributed by atoms with E-state index < -0.39 is 0 Å². The van der Waals surface area contributed by atoms with Crippen LogP contribution in [0.15, 0.2) is 35.1 Å². The summed E-state index contributed by atoms with van der Waals surface area (Å²) in [5, 5.41) is 8.39. The van der Waals surface area contributed by atoms with Gasteiger partial charge in [0.25, 0.3) is 0 Å². The van der Waals surface area contributed by atoms with Gasteiger partial charge in [-0.25, -0.2) is 0 Å². The summed E-state index contributed by atoms with van der Waals surface area (Å²) in [7, 11) is 3.78. The first-order valence-electron chi connectivity index (χ1n) is 6.80. The van der Waals surface area contributed by atoms with Crippen molar-refractivity contribution in [3.63, 3.8) is 0 Å². The van der Waals surface area contributed by atoms with Crippen LogP contribution in [0.3, 0.4) is 0 Å². The zero-order chi connectivity index (χ0) is 14.2. The average molecular weight is 336 g/mol. The summed E-state index contributed by atoms with van der Waals surface area (Å²) in [6.07, 6.45) is 5.16. The van der Waals surface area contributed by atoms with Crippen molar-refractivity contribution in [1.82, 2.24) is 14.8 Å². The first kappa shape index (κ1) is 13.8. The highest BCUT2D eigenvalue weighted by Gasteiger charge is 2.49. The van der Waals surface area contributed by atoms with Crippen molar-refractivity contribution in [3.05, 3.63) is 46.5 Å². The maximum absolute atomic E-state index is 5.88. The number of aromatic nitrogens is 3. The molecule has 1 aliphatic carbocycles. The molecule has 1 heterocycles. The molecular weight excluding hydrogens is 318 g/mol. The molecule has 0 saturated heterocycles. The molecule has 0 aliphatic heterocycles. The normalized spacial score (nSPS) is 18.6. The first-order chi connectivity index (χ1) is 9.67. The maximum atomic E-state index is 5.88. The van der Waals surface area contributed by atoms with Crippen molar-refractivity contribution in [2.24, 2.45) is 7.05 Å². The van der Waals surface area contributed by atoms with Crippen LogP contribution in [0.25, 0.3) is 0 Å². The van der Waals surface area contributed by atoms with Crippen molar-refractivity contribution in [3.8, 4) is 0 Å². The van der Waals surface area contributed by atoms with Crippen LogP contribution in [-0.4, -0.2) is 21.9 Å². The second-order valence-electron chi connectivity index (χ2n) is 5.45. The third-order valence-electron chi connectivity index (χ3n) is 4.29. The molecule has 20 heavy (non-hydrogen) atoms. The van der Waals surface area contributed by atoms with Crippen molar-refractivity contribution in [2.75, 3.05) is 7.11 Å². The Balaban J connectivity index is 2.05. The predicted octanol–water partition coefficient (Wildman–Crippen LogP) is 3.39. The van der Waals surface area contributed by atoms with Gasteiger partial charge in [-0.1, -0.05) is 34.5 Å². The van der Waals surface area contributed by atoms with Crippen molar-refractivity contribution < 1.29 is 4.74 Å². The van der Waals surface area contributed by atoms with E-state index in [4.69, 9.17) is 4.74 Å². The summed E-state index contributed by atoms with van der Waals surface area (Å²) in [6, 6.07) is 8.33. The lowest BCUT2D eigenvalue weighted by atomic mass is 9.63.